The summed E-state index contributed by atoms with van der Waals surface area (Å²) in [6.45, 7) is 0. The van der Waals surface area contributed by atoms with Crippen molar-refractivity contribution in [2.24, 2.45) is 29.6 Å². The van der Waals surface area contributed by atoms with Gasteiger partial charge in [0, 0.05) is 18.1 Å². The van der Waals surface area contributed by atoms with E-state index in [1.165, 1.54) is 148 Å². The van der Waals surface area contributed by atoms with Crippen molar-refractivity contribution in [2.45, 2.75) is 185 Å². The minimum atomic E-state index is 0.900. The van der Waals surface area contributed by atoms with Crippen LogP contribution in [-0.2, 0) is 0 Å². The van der Waals surface area contributed by atoms with E-state index in [4.69, 9.17) is 0 Å². The van der Waals surface area contributed by atoms with Gasteiger partial charge in [0.15, 0.2) is 0 Å². The van der Waals surface area contributed by atoms with Gasteiger partial charge in [-0.15, -0.1) is 0 Å². The van der Waals surface area contributed by atoms with E-state index in [1.807, 2.05) is 5.57 Å². The Morgan fingerprint density at radius 1 is 0.432 bits per heavy atom. The fraction of sp³-hybridized carbons (Fsp3) is 0.944. The normalized spacial score (nSPS) is 38.0. The van der Waals surface area contributed by atoms with E-state index in [-0.39, 0.29) is 0 Å². The van der Waals surface area contributed by atoms with Gasteiger partial charge in [-0.05, 0) is 107 Å². The van der Waals surface area contributed by atoms with Crippen LogP contribution in [0.1, 0.15) is 167 Å². The summed E-state index contributed by atoms with van der Waals surface area (Å²) in [7, 11) is 0. The molecule has 0 aromatic carbocycles. The largest absolute Gasteiger partial charge is 0.294 e. The average molecular weight is 508 g/mol. The minimum Gasteiger partial charge on any atom is -0.294 e. The summed E-state index contributed by atoms with van der Waals surface area (Å²) in [5.41, 5.74) is 2.04. The van der Waals surface area contributed by atoms with Gasteiger partial charge in [-0.25, -0.2) is 0 Å². The number of allylic oxidation sites excluding steroid dienone is 2. The molecule has 0 bridgehead atoms. The lowest BCUT2D eigenvalue weighted by atomic mass is 9.60. The van der Waals surface area contributed by atoms with E-state index >= 15 is 0 Å². The Labute approximate surface area is 231 Å². The van der Waals surface area contributed by atoms with E-state index in [2.05, 4.69) is 11.0 Å². The van der Waals surface area contributed by atoms with Crippen LogP contribution < -0.4 is 0 Å². The third-order valence-corrected chi connectivity index (χ3v) is 12.7. The standard InChI is InChI=1S/C36H61N/c1-4-13-30(14-5-1)36(35-22-12-16-29-15-10-11-21-34(29)35)27-28-23-25-33(26-24-28)37(31-17-6-2-7-18-31)32-19-8-3-9-20-32/h27-35H,1-26H2. The predicted molar refractivity (Wildman–Crippen MR) is 159 cm³/mol. The molecule has 0 aromatic heterocycles. The average Bonchev–Trinajstić information content (AvgIpc) is 2.98. The molecule has 0 saturated heterocycles. The zero-order valence-corrected chi connectivity index (χ0v) is 24.5. The summed E-state index contributed by atoms with van der Waals surface area (Å²) in [5.74, 6) is 4.96. The highest BCUT2D eigenvalue weighted by atomic mass is 15.2. The van der Waals surface area contributed by atoms with E-state index < -0.39 is 0 Å². The zero-order valence-electron chi connectivity index (χ0n) is 24.5. The Morgan fingerprint density at radius 2 is 0.946 bits per heavy atom. The summed E-state index contributed by atoms with van der Waals surface area (Å²) < 4.78 is 0. The van der Waals surface area contributed by atoms with Crippen molar-refractivity contribution < 1.29 is 0 Å². The molecule has 1 heteroatoms. The van der Waals surface area contributed by atoms with Gasteiger partial charge in [-0.2, -0.15) is 0 Å². The van der Waals surface area contributed by atoms with Crippen LogP contribution in [-0.4, -0.2) is 23.0 Å². The molecule has 1 nitrogen and oxygen atoms in total. The zero-order chi connectivity index (χ0) is 24.9. The van der Waals surface area contributed by atoms with Crippen LogP contribution in [0, 0.1) is 29.6 Å². The van der Waals surface area contributed by atoms with Crippen molar-refractivity contribution in [3.8, 4) is 0 Å². The number of hydrogen-bond acceptors (Lipinski definition) is 1. The fourth-order valence-corrected chi connectivity index (χ4v) is 10.8. The molecule has 3 atom stereocenters. The van der Waals surface area contributed by atoms with Crippen LogP contribution in [0.5, 0.6) is 0 Å². The molecule has 6 aliphatic rings. The van der Waals surface area contributed by atoms with Crippen LogP contribution in [0.2, 0.25) is 0 Å². The molecule has 6 saturated carbocycles. The van der Waals surface area contributed by atoms with Crippen molar-refractivity contribution in [1.82, 2.24) is 4.90 Å². The van der Waals surface area contributed by atoms with Gasteiger partial charge in [0.05, 0.1) is 0 Å². The summed E-state index contributed by atoms with van der Waals surface area (Å²) >= 11 is 0. The molecule has 37 heavy (non-hydrogen) atoms. The summed E-state index contributed by atoms with van der Waals surface area (Å²) in [4.78, 5) is 3.19. The van der Waals surface area contributed by atoms with Crippen molar-refractivity contribution in [1.29, 1.82) is 0 Å². The second kappa shape index (κ2) is 13.4. The van der Waals surface area contributed by atoms with Crippen molar-refractivity contribution in [2.75, 3.05) is 0 Å². The van der Waals surface area contributed by atoms with E-state index in [0.29, 0.717) is 0 Å². The molecular formula is C36H61N. The third kappa shape index (κ3) is 6.55. The monoisotopic (exact) mass is 507 g/mol. The predicted octanol–water partition coefficient (Wildman–Crippen LogP) is 10.6. The maximum absolute atomic E-state index is 3.19. The number of hydrogen-bond donors (Lipinski definition) is 0. The molecule has 3 unspecified atom stereocenters. The molecule has 0 N–H and O–H groups in total. The summed E-state index contributed by atoms with van der Waals surface area (Å²) in [5, 5.41) is 0. The van der Waals surface area contributed by atoms with E-state index in [0.717, 1.165) is 47.7 Å². The quantitative estimate of drug-likeness (QED) is 0.323. The first kappa shape index (κ1) is 26.9. The second-order valence-corrected chi connectivity index (χ2v) is 14.8. The first-order valence-electron chi connectivity index (χ1n) is 17.9. The number of fused-ring (bicyclic) bond motifs is 1. The van der Waals surface area contributed by atoms with Crippen molar-refractivity contribution in [3.05, 3.63) is 11.6 Å². The topological polar surface area (TPSA) is 3.24 Å². The molecule has 0 radical (unpaired) electrons. The molecule has 0 spiro atoms. The fourth-order valence-electron chi connectivity index (χ4n) is 10.8. The van der Waals surface area contributed by atoms with Crippen LogP contribution >= 0.6 is 0 Å². The van der Waals surface area contributed by atoms with Crippen molar-refractivity contribution >= 4 is 0 Å². The molecule has 0 amide bonds. The molecule has 6 fully saturated rings. The molecule has 6 rings (SSSR count). The van der Waals surface area contributed by atoms with Crippen LogP contribution in [0.25, 0.3) is 0 Å². The SMILES string of the molecule is C(=C(C1CCCCC1)C1CCCC2CCCCC21)C1CCC(N(C2CCCCC2)C2CCCCC2)CC1. The Hall–Kier alpha value is -0.300. The lowest BCUT2D eigenvalue weighted by molar-refractivity contribution is 0.0180. The van der Waals surface area contributed by atoms with Gasteiger partial charge >= 0.3 is 0 Å². The maximum Gasteiger partial charge on any atom is 0.0102 e. The Bertz CT molecular complexity index is 678. The van der Waals surface area contributed by atoms with Crippen LogP contribution in [0.4, 0.5) is 0 Å². The molecule has 0 heterocycles. The van der Waals surface area contributed by atoms with Gasteiger partial charge in [0.2, 0.25) is 0 Å². The van der Waals surface area contributed by atoms with Crippen LogP contribution in [0.15, 0.2) is 11.6 Å². The molecule has 0 aliphatic heterocycles. The Morgan fingerprint density at radius 3 is 1.59 bits per heavy atom. The lowest BCUT2D eigenvalue weighted by Gasteiger charge is -2.48. The second-order valence-electron chi connectivity index (χ2n) is 14.8. The Kier molecular flexibility index (Phi) is 9.72. The maximum atomic E-state index is 3.19. The first-order valence-corrected chi connectivity index (χ1v) is 17.9. The van der Waals surface area contributed by atoms with E-state index in [1.54, 1.807) is 19.3 Å². The summed E-state index contributed by atoms with van der Waals surface area (Å²) in [6, 6.07) is 2.76. The van der Waals surface area contributed by atoms with Gasteiger partial charge in [0.25, 0.3) is 0 Å². The molecular weight excluding hydrogens is 446 g/mol. The highest BCUT2D eigenvalue weighted by Crippen LogP contribution is 2.50. The molecule has 6 aliphatic carbocycles. The van der Waals surface area contributed by atoms with Crippen molar-refractivity contribution in [3.63, 3.8) is 0 Å². The van der Waals surface area contributed by atoms with Gasteiger partial charge in [0.1, 0.15) is 0 Å². The van der Waals surface area contributed by atoms with Gasteiger partial charge in [-0.1, -0.05) is 102 Å². The number of rotatable bonds is 6. The van der Waals surface area contributed by atoms with Crippen LogP contribution in [0.3, 0.4) is 0 Å². The van der Waals surface area contributed by atoms with E-state index in [9.17, 15) is 0 Å². The molecule has 210 valence electrons. The highest BCUT2D eigenvalue weighted by Gasteiger charge is 2.40. The molecule has 0 aromatic rings. The Balaban J connectivity index is 1.16. The first-order chi connectivity index (χ1) is 18.4. The summed E-state index contributed by atoms with van der Waals surface area (Å²) in [6.07, 6.45) is 42.4. The lowest BCUT2D eigenvalue weighted by Crippen LogP contribution is -2.51. The minimum absolute atomic E-state index is 0.900. The third-order valence-electron chi connectivity index (χ3n) is 12.7. The smallest absolute Gasteiger partial charge is 0.0102 e. The van der Waals surface area contributed by atoms with Gasteiger partial charge in [-0.3, -0.25) is 4.90 Å². The van der Waals surface area contributed by atoms with Gasteiger partial charge < -0.3 is 0 Å². The highest BCUT2D eigenvalue weighted by molar-refractivity contribution is 5.17. The number of nitrogens with zero attached hydrogens (tertiary/aromatic N) is 1.